The third-order valence-electron chi connectivity index (χ3n) is 5.12. The predicted octanol–water partition coefficient (Wildman–Crippen LogP) is 3.42. The lowest BCUT2D eigenvalue weighted by atomic mass is 9.54. The maximum absolute atomic E-state index is 12.3. The minimum absolute atomic E-state index is 0.162. The van der Waals surface area contributed by atoms with E-state index in [0.717, 1.165) is 12.8 Å². The van der Waals surface area contributed by atoms with Gasteiger partial charge in [-0.25, -0.2) is 9.78 Å². The number of hydrogen-bond donors (Lipinski definition) is 2. The van der Waals surface area contributed by atoms with Crippen LogP contribution in [0.5, 0.6) is 5.88 Å². The van der Waals surface area contributed by atoms with Gasteiger partial charge in [-0.1, -0.05) is 6.42 Å². The number of alkyl halides is 3. The Morgan fingerprint density at radius 2 is 2.08 bits per heavy atom. The third-order valence-corrected chi connectivity index (χ3v) is 5.12. The highest BCUT2D eigenvalue weighted by atomic mass is 19.4. The molecule has 6 nitrogen and oxygen atoms in total. The van der Waals surface area contributed by atoms with Gasteiger partial charge in [0.25, 0.3) is 0 Å². The van der Waals surface area contributed by atoms with Crippen LogP contribution in [0.3, 0.4) is 0 Å². The Balaban J connectivity index is 1.52. The normalized spacial score (nSPS) is 20.0. The molecular weight excluding hydrogens is 349 g/mol. The number of amides is 2. The van der Waals surface area contributed by atoms with Gasteiger partial charge in [0.15, 0.2) is 6.61 Å². The number of aryl methyl sites for hydroxylation is 1. The summed E-state index contributed by atoms with van der Waals surface area (Å²) in [5.41, 5.74) is 0.867. The summed E-state index contributed by atoms with van der Waals surface area (Å²) >= 11 is 0. The second-order valence-corrected chi connectivity index (χ2v) is 7.38. The van der Waals surface area contributed by atoms with Crippen molar-refractivity contribution in [1.29, 1.82) is 0 Å². The molecule has 1 aromatic rings. The molecule has 9 heteroatoms. The van der Waals surface area contributed by atoms with Crippen molar-refractivity contribution in [3.63, 3.8) is 0 Å². The number of aromatic nitrogens is 2. The number of nitrogens with one attached hydrogen (secondary N) is 2. The van der Waals surface area contributed by atoms with Crippen LogP contribution in [0.2, 0.25) is 0 Å². The third kappa shape index (κ3) is 4.56. The zero-order chi connectivity index (χ0) is 18.9. The van der Waals surface area contributed by atoms with Gasteiger partial charge in [0.2, 0.25) is 5.88 Å². The van der Waals surface area contributed by atoms with E-state index in [4.69, 9.17) is 0 Å². The molecule has 0 radical (unpaired) electrons. The molecule has 2 amide bonds. The fourth-order valence-electron chi connectivity index (χ4n) is 3.68. The monoisotopic (exact) mass is 372 g/mol. The van der Waals surface area contributed by atoms with Gasteiger partial charge < -0.3 is 15.4 Å². The van der Waals surface area contributed by atoms with Crippen LogP contribution in [0.15, 0.2) is 6.07 Å². The molecule has 1 heterocycles. The topological polar surface area (TPSA) is 76.1 Å². The van der Waals surface area contributed by atoms with E-state index in [1.165, 1.54) is 25.3 Å². The van der Waals surface area contributed by atoms with Gasteiger partial charge in [0.1, 0.15) is 5.82 Å². The number of hydrogen-bond acceptors (Lipinski definition) is 4. The first-order chi connectivity index (χ1) is 12.1. The molecule has 2 fully saturated rings. The maximum atomic E-state index is 12.3. The number of urea groups is 1. The van der Waals surface area contributed by atoms with Crippen LogP contribution in [-0.4, -0.2) is 34.8 Å². The van der Waals surface area contributed by atoms with E-state index in [1.807, 2.05) is 0 Å². The average molecular weight is 372 g/mol. The van der Waals surface area contributed by atoms with Crippen molar-refractivity contribution < 1.29 is 22.7 Å². The molecule has 0 aliphatic heterocycles. The Kier molecular flexibility index (Phi) is 4.98. The lowest BCUT2D eigenvalue weighted by Gasteiger charge is -2.54. The molecule has 0 saturated heterocycles. The summed E-state index contributed by atoms with van der Waals surface area (Å²) in [4.78, 5) is 20.1. The fourth-order valence-corrected chi connectivity index (χ4v) is 3.68. The average Bonchev–Trinajstić information content (AvgIpc) is 2.45. The minimum atomic E-state index is -4.44. The first kappa shape index (κ1) is 18.7. The summed E-state index contributed by atoms with van der Waals surface area (Å²) in [5.74, 6) is 0.115. The van der Waals surface area contributed by atoms with Crippen LogP contribution < -0.4 is 15.4 Å². The zero-order valence-corrected chi connectivity index (χ0v) is 14.8. The lowest BCUT2D eigenvalue weighted by molar-refractivity contribution is -0.154. The van der Waals surface area contributed by atoms with Crippen molar-refractivity contribution in [2.45, 2.75) is 64.2 Å². The van der Waals surface area contributed by atoms with Crippen molar-refractivity contribution in [3.8, 4) is 5.88 Å². The van der Waals surface area contributed by atoms with Crippen molar-refractivity contribution >= 4 is 6.03 Å². The Morgan fingerprint density at radius 1 is 1.38 bits per heavy atom. The standard InChI is InChI=1S/C17H23F3N4O2/c1-10(21-15(25)24-12-7-16(8-12)4-3-5-16)13-6-14(23-11(2)22-13)26-9-17(18,19)20/h6,10,12H,3-5,7-9H2,1-2H3,(H2,21,24,25). The van der Waals surface area contributed by atoms with Crippen LogP contribution in [0.1, 0.15) is 56.6 Å². The molecule has 0 bridgehead atoms. The quantitative estimate of drug-likeness (QED) is 0.830. The van der Waals surface area contributed by atoms with E-state index in [-0.39, 0.29) is 23.8 Å². The molecule has 144 valence electrons. The first-order valence-electron chi connectivity index (χ1n) is 8.76. The number of carbonyl (C=O) groups is 1. The smallest absolute Gasteiger partial charge is 0.422 e. The Hall–Kier alpha value is -2.06. The molecule has 0 aromatic carbocycles. The van der Waals surface area contributed by atoms with Gasteiger partial charge >= 0.3 is 12.2 Å². The summed E-state index contributed by atoms with van der Waals surface area (Å²) < 4.78 is 41.5. The largest absolute Gasteiger partial charge is 0.468 e. The molecule has 1 atom stereocenters. The van der Waals surface area contributed by atoms with E-state index < -0.39 is 18.8 Å². The zero-order valence-electron chi connectivity index (χ0n) is 14.8. The molecule has 2 saturated carbocycles. The van der Waals surface area contributed by atoms with Crippen molar-refractivity contribution in [3.05, 3.63) is 17.6 Å². The molecular formula is C17H23F3N4O2. The van der Waals surface area contributed by atoms with E-state index >= 15 is 0 Å². The van der Waals surface area contributed by atoms with E-state index in [2.05, 4.69) is 25.3 Å². The predicted molar refractivity (Wildman–Crippen MR) is 87.7 cm³/mol. The van der Waals surface area contributed by atoms with E-state index in [0.29, 0.717) is 11.1 Å². The summed E-state index contributed by atoms with van der Waals surface area (Å²) in [6.07, 6.45) is 1.40. The van der Waals surface area contributed by atoms with Crippen LogP contribution in [0, 0.1) is 12.3 Å². The van der Waals surface area contributed by atoms with E-state index in [1.54, 1.807) is 13.8 Å². The first-order valence-corrected chi connectivity index (χ1v) is 8.76. The van der Waals surface area contributed by atoms with Crippen molar-refractivity contribution in [2.24, 2.45) is 5.41 Å². The summed E-state index contributed by atoms with van der Waals surface area (Å²) in [7, 11) is 0. The number of ether oxygens (including phenoxy) is 1. The number of carbonyl (C=O) groups excluding carboxylic acids is 1. The Labute approximate surface area is 149 Å². The number of rotatable bonds is 5. The molecule has 2 N–H and O–H groups in total. The highest BCUT2D eigenvalue weighted by molar-refractivity contribution is 5.74. The van der Waals surface area contributed by atoms with Crippen LogP contribution >= 0.6 is 0 Å². The molecule has 1 aromatic heterocycles. The summed E-state index contributed by atoms with van der Waals surface area (Å²) in [6.45, 7) is 1.85. The molecule has 26 heavy (non-hydrogen) atoms. The van der Waals surface area contributed by atoms with Crippen molar-refractivity contribution in [1.82, 2.24) is 20.6 Å². The van der Waals surface area contributed by atoms with Gasteiger partial charge in [0.05, 0.1) is 11.7 Å². The maximum Gasteiger partial charge on any atom is 0.422 e. The van der Waals surface area contributed by atoms with Gasteiger partial charge in [-0.3, -0.25) is 0 Å². The summed E-state index contributed by atoms with van der Waals surface area (Å²) in [6, 6.07) is 0.727. The second kappa shape index (κ2) is 6.92. The Bertz CT molecular complexity index is 668. The fraction of sp³-hybridized carbons (Fsp3) is 0.706. The van der Waals surface area contributed by atoms with Crippen LogP contribution in [0.25, 0.3) is 0 Å². The second-order valence-electron chi connectivity index (χ2n) is 7.38. The number of halogens is 3. The molecule has 2 aliphatic carbocycles. The highest BCUT2D eigenvalue weighted by Crippen LogP contribution is 2.55. The van der Waals surface area contributed by atoms with Crippen LogP contribution in [0.4, 0.5) is 18.0 Å². The van der Waals surface area contributed by atoms with Gasteiger partial charge in [-0.2, -0.15) is 18.2 Å². The number of nitrogens with zero attached hydrogens (tertiary/aromatic N) is 2. The Morgan fingerprint density at radius 3 is 2.65 bits per heavy atom. The SMILES string of the molecule is Cc1nc(OCC(F)(F)F)cc(C(C)NC(=O)NC2CC3(CCC3)C2)n1. The van der Waals surface area contributed by atoms with Crippen molar-refractivity contribution in [2.75, 3.05) is 6.61 Å². The minimum Gasteiger partial charge on any atom is -0.468 e. The molecule has 1 spiro atoms. The van der Waals surface area contributed by atoms with Gasteiger partial charge in [0, 0.05) is 12.1 Å². The lowest BCUT2D eigenvalue weighted by Crippen LogP contribution is -2.55. The van der Waals surface area contributed by atoms with Gasteiger partial charge in [-0.05, 0) is 44.9 Å². The molecule has 1 unspecified atom stereocenters. The van der Waals surface area contributed by atoms with Gasteiger partial charge in [-0.15, -0.1) is 0 Å². The highest BCUT2D eigenvalue weighted by Gasteiger charge is 2.48. The van der Waals surface area contributed by atoms with Crippen LogP contribution in [-0.2, 0) is 0 Å². The molecule has 3 rings (SSSR count). The van der Waals surface area contributed by atoms with E-state index in [9.17, 15) is 18.0 Å². The molecule has 2 aliphatic rings. The summed E-state index contributed by atoms with van der Waals surface area (Å²) in [5, 5.41) is 5.71.